The van der Waals surface area contributed by atoms with E-state index in [0.29, 0.717) is 6.54 Å². The van der Waals surface area contributed by atoms with E-state index >= 15 is 0 Å². The van der Waals surface area contributed by atoms with Crippen LogP contribution in [0.4, 0.5) is 0 Å². The molecule has 1 N–H and O–H groups in total. The summed E-state index contributed by atoms with van der Waals surface area (Å²) in [6.45, 7) is 5.00. The molecular formula is C13H24ClNO. The summed E-state index contributed by atoms with van der Waals surface area (Å²) in [5.74, 6) is 1.25. The average molecular weight is 246 g/mol. The van der Waals surface area contributed by atoms with Gasteiger partial charge in [-0.05, 0) is 38.0 Å². The molecule has 1 fully saturated rings. The number of amides is 1. The van der Waals surface area contributed by atoms with E-state index in [1.54, 1.807) is 0 Å². The summed E-state index contributed by atoms with van der Waals surface area (Å²) in [6, 6.07) is 0. The van der Waals surface area contributed by atoms with Crippen molar-refractivity contribution in [3.05, 3.63) is 0 Å². The monoisotopic (exact) mass is 245 g/mol. The number of carbonyl (C=O) groups excluding carboxylic acids is 1. The molecule has 0 saturated heterocycles. The second-order valence-corrected chi connectivity index (χ2v) is 5.71. The molecule has 16 heavy (non-hydrogen) atoms. The van der Waals surface area contributed by atoms with Gasteiger partial charge in [-0.25, -0.2) is 0 Å². The molecule has 0 heterocycles. The number of nitrogens with one attached hydrogen (secondary N) is 1. The van der Waals surface area contributed by atoms with Crippen molar-refractivity contribution in [1.82, 2.24) is 5.32 Å². The summed E-state index contributed by atoms with van der Waals surface area (Å²) in [5, 5.41) is 3.07. The van der Waals surface area contributed by atoms with Gasteiger partial charge in [0.1, 0.15) is 0 Å². The van der Waals surface area contributed by atoms with Crippen LogP contribution in [-0.4, -0.2) is 17.8 Å². The highest BCUT2D eigenvalue weighted by Crippen LogP contribution is 2.28. The third-order valence-electron chi connectivity index (χ3n) is 3.49. The Hall–Kier alpha value is -0.240. The lowest BCUT2D eigenvalue weighted by atomic mass is 9.82. The van der Waals surface area contributed by atoms with Gasteiger partial charge >= 0.3 is 0 Å². The molecule has 0 aromatic carbocycles. The lowest BCUT2D eigenvalue weighted by molar-refractivity contribution is -0.126. The molecule has 2 nitrogen and oxygen atoms in total. The van der Waals surface area contributed by atoms with E-state index < -0.39 is 0 Å². The Morgan fingerprint density at radius 1 is 1.38 bits per heavy atom. The second-order valence-electron chi connectivity index (χ2n) is 5.09. The van der Waals surface area contributed by atoms with E-state index in [1.165, 1.54) is 12.8 Å². The molecule has 1 atom stereocenters. The minimum absolute atomic E-state index is 0.0939. The first kappa shape index (κ1) is 13.8. The van der Waals surface area contributed by atoms with Crippen LogP contribution in [0.1, 0.15) is 52.4 Å². The van der Waals surface area contributed by atoms with Gasteiger partial charge in [0.2, 0.25) is 5.91 Å². The highest BCUT2D eigenvalue weighted by molar-refractivity contribution is 6.20. The summed E-state index contributed by atoms with van der Waals surface area (Å²) in [7, 11) is 0. The van der Waals surface area contributed by atoms with Crippen molar-refractivity contribution in [3.8, 4) is 0 Å². The summed E-state index contributed by atoms with van der Waals surface area (Å²) in [5.41, 5.74) is 0. The van der Waals surface area contributed by atoms with Gasteiger partial charge < -0.3 is 5.32 Å². The van der Waals surface area contributed by atoms with Crippen LogP contribution in [0.3, 0.4) is 0 Å². The van der Waals surface area contributed by atoms with Crippen molar-refractivity contribution in [2.75, 3.05) is 6.54 Å². The van der Waals surface area contributed by atoms with Crippen LogP contribution in [0.25, 0.3) is 0 Å². The van der Waals surface area contributed by atoms with Gasteiger partial charge in [0.15, 0.2) is 0 Å². The number of halogens is 1. The third-order valence-corrected chi connectivity index (χ3v) is 3.86. The van der Waals surface area contributed by atoms with Crippen molar-refractivity contribution in [3.63, 3.8) is 0 Å². The molecule has 0 aliphatic heterocycles. The zero-order chi connectivity index (χ0) is 12.0. The lowest BCUT2D eigenvalue weighted by Crippen LogP contribution is -2.36. The van der Waals surface area contributed by atoms with Crippen LogP contribution in [0.5, 0.6) is 0 Å². The molecule has 3 heteroatoms. The SMILES string of the molecule is CCCC(Cl)CNC(=O)C1CCC(C)CC1. The highest BCUT2D eigenvalue weighted by Gasteiger charge is 2.24. The first-order valence-corrected chi connectivity index (χ1v) is 6.98. The van der Waals surface area contributed by atoms with E-state index in [4.69, 9.17) is 11.6 Å². The minimum atomic E-state index is 0.0939. The van der Waals surface area contributed by atoms with Crippen LogP contribution < -0.4 is 5.32 Å². The van der Waals surface area contributed by atoms with E-state index in [-0.39, 0.29) is 17.2 Å². The molecule has 1 aliphatic carbocycles. The molecule has 1 unspecified atom stereocenters. The summed E-state index contributed by atoms with van der Waals surface area (Å²) < 4.78 is 0. The van der Waals surface area contributed by atoms with Crippen LogP contribution in [-0.2, 0) is 4.79 Å². The van der Waals surface area contributed by atoms with Gasteiger partial charge in [-0.1, -0.05) is 20.3 Å². The maximum Gasteiger partial charge on any atom is 0.223 e. The van der Waals surface area contributed by atoms with Crippen molar-refractivity contribution >= 4 is 17.5 Å². The smallest absolute Gasteiger partial charge is 0.223 e. The quantitative estimate of drug-likeness (QED) is 0.740. The van der Waals surface area contributed by atoms with Crippen LogP contribution in [0.2, 0.25) is 0 Å². The van der Waals surface area contributed by atoms with E-state index in [2.05, 4.69) is 19.2 Å². The van der Waals surface area contributed by atoms with Gasteiger partial charge in [0, 0.05) is 12.5 Å². The van der Waals surface area contributed by atoms with Crippen molar-refractivity contribution < 1.29 is 4.79 Å². The van der Waals surface area contributed by atoms with E-state index in [1.807, 2.05) is 0 Å². The van der Waals surface area contributed by atoms with E-state index in [9.17, 15) is 4.79 Å². The number of alkyl halides is 1. The maximum absolute atomic E-state index is 11.8. The molecule has 94 valence electrons. The Morgan fingerprint density at radius 2 is 2.00 bits per heavy atom. The fourth-order valence-corrected chi connectivity index (χ4v) is 2.59. The Labute approximate surface area is 104 Å². The number of rotatable bonds is 5. The molecule has 0 aromatic heterocycles. The largest absolute Gasteiger partial charge is 0.354 e. The van der Waals surface area contributed by atoms with Crippen molar-refractivity contribution in [1.29, 1.82) is 0 Å². The standard InChI is InChI=1S/C13H24ClNO/c1-3-4-12(14)9-15-13(16)11-7-5-10(2)6-8-11/h10-12H,3-9H2,1-2H3,(H,15,16). The van der Waals surface area contributed by atoms with Crippen LogP contribution in [0, 0.1) is 11.8 Å². The zero-order valence-electron chi connectivity index (χ0n) is 10.5. The Balaban J connectivity index is 2.19. The number of carbonyl (C=O) groups is 1. The predicted molar refractivity (Wildman–Crippen MR) is 68.7 cm³/mol. The van der Waals surface area contributed by atoms with Crippen molar-refractivity contribution in [2.45, 2.75) is 57.7 Å². The van der Waals surface area contributed by atoms with Gasteiger partial charge in [0.05, 0.1) is 5.38 Å². The molecule has 1 amide bonds. The Kier molecular flexibility index (Phi) is 6.18. The van der Waals surface area contributed by atoms with Gasteiger partial charge in [-0.15, -0.1) is 11.6 Å². The Bertz CT molecular complexity index is 212. The number of hydrogen-bond acceptors (Lipinski definition) is 1. The topological polar surface area (TPSA) is 29.1 Å². The molecule has 1 saturated carbocycles. The first-order valence-electron chi connectivity index (χ1n) is 6.55. The molecule has 0 spiro atoms. The zero-order valence-corrected chi connectivity index (χ0v) is 11.2. The fraction of sp³-hybridized carbons (Fsp3) is 0.923. The summed E-state index contributed by atoms with van der Waals surface area (Å²) in [6.07, 6.45) is 6.53. The number of hydrogen-bond donors (Lipinski definition) is 1. The molecule has 1 aliphatic rings. The highest BCUT2D eigenvalue weighted by atomic mass is 35.5. The normalized spacial score (nSPS) is 27.4. The molecular weight excluding hydrogens is 222 g/mol. The second kappa shape index (κ2) is 7.16. The van der Waals surface area contributed by atoms with Crippen LogP contribution >= 0.6 is 11.6 Å². The van der Waals surface area contributed by atoms with E-state index in [0.717, 1.165) is 31.6 Å². The van der Waals surface area contributed by atoms with Gasteiger partial charge in [-0.2, -0.15) is 0 Å². The summed E-state index contributed by atoms with van der Waals surface area (Å²) in [4.78, 5) is 11.8. The molecule has 1 rings (SSSR count). The molecule has 0 bridgehead atoms. The van der Waals surface area contributed by atoms with Crippen LogP contribution in [0.15, 0.2) is 0 Å². The molecule has 0 aromatic rings. The maximum atomic E-state index is 11.8. The first-order chi connectivity index (χ1) is 7.63. The summed E-state index contributed by atoms with van der Waals surface area (Å²) >= 11 is 6.07. The Morgan fingerprint density at radius 3 is 2.56 bits per heavy atom. The fourth-order valence-electron chi connectivity index (χ4n) is 2.29. The minimum Gasteiger partial charge on any atom is -0.354 e. The lowest BCUT2D eigenvalue weighted by Gasteiger charge is -2.25. The predicted octanol–water partition coefficient (Wildman–Crippen LogP) is 3.34. The van der Waals surface area contributed by atoms with Gasteiger partial charge in [0.25, 0.3) is 0 Å². The average Bonchev–Trinajstić information content (AvgIpc) is 2.27. The third kappa shape index (κ3) is 4.73. The van der Waals surface area contributed by atoms with Crippen molar-refractivity contribution in [2.24, 2.45) is 11.8 Å². The molecule has 0 radical (unpaired) electrons. The van der Waals surface area contributed by atoms with Gasteiger partial charge in [-0.3, -0.25) is 4.79 Å².